The molecule has 0 aliphatic carbocycles. The number of rotatable bonds is 14. The lowest BCUT2D eigenvalue weighted by atomic mass is 10.0. The fourth-order valence-corrected chi connectivity index (χ4v) is 6.62. The highest BCUT2D eigenvalue weighted by atomic mass is 16.6. The van der Waals surface area contributed by atoms with Crippen molar-refractivity contribution in [2.45, 2.75) is 25.4 Å². The number of allylic oxidation sites excluding steroid dienone is 3. The Bertz CT molecular complexity index is 2250. The van der Waals surface area contributed by atoms with Crippen molar-refractivity contribution in [1.29, 1.82) is 0 Å². The van der Waals surface area contributed by atoms with Crippen LogP contribution in [0.5, 0.6) is 11.5 Å². The molecule has 1 N–H and O–H groups in total. The predicted octanol–water partition coefficient (Wildman–Crippen LogP) is 6.10. The van der Waals surface area contributed by atoms with Crippen LogP contribution in [0.4, 0.5) is 11.4 Å². The molecule has 4 aromatic carbocycles. The van der Waals surface area contributed by atoms with E-state index in [4.69, 9.17) is 14.2 Å². The van der Waals surface area contributed by atoms with Gasteiger partial charge in [0.15, 0.2) is 0 Å². The minimum Gasteiger partial charge on any atom is -0.491 e. The van der Waals surface area contributed by atoms with E-state index in [1.54, 1.807) is 41.3 Å². The Labute approximate surface area is 316 Å². The van der Waals surface area contributed by atoms with E-state index in [1.165, 1.54) is 24.3 Å². The average Bonchev–Trinajstić information content (AvgIpc) is 3.59. The fraction of sp³-hybridized carbons (Fsp3) is 0.190. The van der Waals surface area contributed by atoms with Crippen molar-refractivity contribution in [2.75, 3.05) is 31.3 Å². The molecule has 4 aromatic rings. The second kappa shape index (κ2) is 16.0. The molecule has 0 aromatic heterocycles. The average molecular weight is 741 g/mol. The van der Waals surface area contributed by atoms with Crippen molar-refractivity contribution in [1.82, 2.24) is 10.2 Å². The maximum Gasteiger partial charge on any atom is 0.269 e. The number of carbonyl (C=O) groups excluding carboxylic acids is 4. The Hall–Kier alpha value is -6.86. The number of imide groups is 1. The number of hydrogen-bond donors (Lipinski definition) is 1. The van der Waals surface area contributed by atoms with Crippen LogP contribution in [0, 0.1) is 10.1 Å². The predicted molar refractivity (Wildman–Crippen MR) is 203 cm³/mol. The molecule has 1 unspecified atom stereocenters. The van der Waals surface area contributed by atoms with Crippen LogP contribution in [0.25, 0.3) is 11.6 Å². The maximum atomic E-state index is 13.5. The molecule has 0 spiro atoms. The molecule has 13 heteroatoms. The summed E-state index contributed by atoms with van der Waals surface area (Å²) < 4.78 is 17.2. The number of ether oxygens (including phenoxy) is 3. The van der Waals surface area contributed by atoms with Gasteiger partial charge in [-0.3, -0.25) is 34.2 Å². The number of nitro benzene ring substituents is 1. The molecule has 0 bridgehead atoms. The number of nitro groups is 1. The lowest BCUT2D eigenvalue weighted by Crippen LogP contribution is -2.51. The third-order valence-electron chi connectivity index (χ3n) is 9.40. The zero-order chi connectivity index (χ0) is 38.5. The van der Waals surface area contributed by atoms with E-state index in [-0.39, 0.29) is 35.9 Å². The monoisotopic (exact) mass is 740 g/mol. The molecule has 1 saturated heterocycles. The minimum atomic E-state index is -0.875. The SMILES string of the molecule is C=C1CCC(N2C(=O)c3ccc(OCCOCCOc4ccc(CN5C(=O)/C(=C/C=C/c6ccc([N+](=O)[O-])cc6)c6ccccc65)cc4)cc3C2=O)C(=O)N1. The van der Waals surface area contributed by atoms with Gasteiger partial charge in [-0.1, -0.05) is 49.1 Å². The lowest BCUT2D eigenvalue weighted by Gasteiger charge is -2.29. The number of fused-ring (bicyclic) bond motifs is 2. The van der Waals surface area contributed by atoms with Crippen molar-refractivity contribution < 1.29 is 38.3 Å². The molecule has 7 rings (SSSR count). The van der Waals surface area contributed by atoms with Gasteiger partial charge in [-0.25, -0.2) is 0 Å². The number of non-ortho nitro benzene ring substituents is 1. The molecule has 0 saturated carbocycles. The second-order valence-electron chi connectivity index (χ2n) is 13.0. The number of hydrogen-bond acceptors (Lipinski definition) is 9. The molecule has 3 heterocycles. The summed E-state index contributed by atoms with van der Waals surface area (Å²) in [4.78, 5) is 65.2. The van der Waals surface area contributed by atoms with E-state index >= 15 is 0 Å². The van der Waals surface area contributed by atoms with Gasteiger partial charge in [0.2, 0.25) is 5.91 Å². The van der Waals surface area contributed by atoms with E-state index in [9.17, 15) is 29.3 Å². The van der Waals surface area contributed by atoms with Crippen molar-refractivity contribution in [3.63, 3.8) is 0 Å². The number of nitrogens with one attached hydrogen (secondary N) is 1. The van der Waals surface area contributed by atoms with Crippen LogP contribution < -0.4 is 19.7 Å². The number of carbonyl (C=O) groups is 4. The fourth-order valence-electron chi connectivity index (χ4n) is 6.62. The molecule has 1 atom stereocenters. The molecule has 3 aliphatic heterocycles. The number of amides is 4. The van der Waals surface area contributed by atoms with Crippen LogP contribution >= 0.6 is 0 Å². The standard InChI is InChI=1S/C42H36N4O9/c1-27-9-20-38(39(47)43-27)45-41(49)35-19-18-32(25-36(35)42(45)50)55-24-22-53-21-23-54-31-16-12-29(13-17-31)26-44-37-8-3-2-6-33(37)34(40(44)48)7-4-5-28-10-14-30(15-11-28)46(51)52/h2-8,10-19,25,38H,1,9,20-24,26H2,(H,43,47)/b5-4+,34-7+. The van der Waals surface area contributed by atoms with Gasteiger partial charge in [0.1, 0.15) is 30.8 Å². The molecule has 0 radical (unpaired) electrons. The summed E-state index contributed by atoms with van der Waals surface area (Å²) in [6, 6.07) is 25.1. The molecule has 4 amide bonds. The van der Waals surface area contributed by atoms with Crippen LogP contribution in [0.1, 0.15) is 50.2 Å². The van der Waals surface area contributed by atoms with Gasteiger partial charge in [-0.05, 0) is 78.6 Å². The number of piperidine rings is 1. The Morgan fingerprint density at radius 1 is 0.800 bits per heavy atom. The lowest BCUT2D eigenvalue weighted by molar-refractivity contribution is -0.384. The van der Waals surface area contributed by atoms with Crippen LogP contribution in [0.15, 0.2) is 115 Å². The topological polar surface area (TPSA) is 158 Å². The first kappa shape index (κ1) is 36.5. The third kappa shape index (κ3) is 7.92. The van der Waals surface area contributed by atoms with E-state index in [0.717, 1.165) is 27.3 Å². The Morgan fingerprint density at radius 2 is 1.49 bits per heavy atom. The molecule has 55 heavy (non-hydrogen) atoms. The van der Waals surface area contributed by atoms with Gasteiger partial charge in [0, 0.05) is 29.0 Å². The number of nitrogens with zero attached hydrogens (tertiary/aromatic N) is 3. The van der Waals surface area contributed by atoms with Crippen LogP contribution in [-0.2, 0) is 20.9 Å². The van der Waals surface area contributed by atoms with Crippen molar-refractivity contribution >= 4 is 46.7 Å². The summed E-state index contributed by atoms with van der Waals surface area (Å²) >= 11 is 0. The third-order valence-corrected chi connectivity index (χ3v) is 9.40. The summed E-state index contributed by atoms with van der Waals surface area (Å²) in [6.07, 6.45) is 6.15. The zero-order valence-corrected chi connectivity index (χ0v) is 29.6. The van der Waals surface area contributed by atoms with E-state index < -0.39 is 28.7 Å². The first-order valence-corrected chi connectivity index (χ1v) is 17.6. The first-order valence-electron chi connectivity index (χ1n) is 17.6. The van der Waals surface area contributed by atoms with Gasteiger partial charge in [-0.2, -0.15) is 0 Å². The summed E-state index contributed by atoms with van der Waals surface area (Å²) in [5.41, 5.74) is 4.92. The highest BCUT2D eigenvalue weighted by Gasteiger charge is 2.44. The molecule has 3 aliphatic rings. The Kier molecular flexibility index (Phi) is 10.6. The molecular formula is C42H36N4O9. The number of anilines is 1. The van der Waals surface area contributed by atoms with Crippen molar-refractivity contribution in [2.24, 2.45) is 0 Å². The molecule has 13 nitrogen and oxygen atoms in total. The van der Waals surface area contributed by atoms with Gasteiger partial charge in [0.05, 0.1) is 41.5 Å². The highest BCUT2D eigenvalue weighted by Crippen LogP contribution is 2.38. The summed E-state index contributed by atoms with van der Waals surface area (Å²) in [5, 5.41) is 13.5. The highest BCUT2D eigenvalue weighted by molar-refractivity contribution is 6.32. The van der Waals surface area contributed by atoms with Crippen molar-refractivity contribution in [3.8, 4) is 11.5 Å². The largest absolute Gasteiger partial charge is 0.491 e. The number of para-hydroxylation sites is 1. The summed E-state index contributed by atoms with van der Waals surface area (Å²) in [6.45, 7) is 5.18. The molecule has 278 valence electrons. The Balaban J connectivity index is 0.851. The molecule has 1 fully saturated rings. The van der Waals surface area contributed by atoms with Crippen molar-refractivity contribution in [3.05, 3.63) is 153 Å². The van der Waals surface area contributed by atoms with Gasteiger partial charge in [0.25, 0.3) is 23.4 Å². The summed E-state index contributed by atoms with van der Waals surface area (Å²) in [5.74, 6) is -0.508. The van der Waals surface area contributed by atoms with E-state index in [0.29, 0.717) is 55.4 Å². The van der Waals surface area contributed by atoms with Gasteiger partial charge < -0.3 is 24.4 Å². The quantitative estimate of drug-likeness (QED) is 0.0530. The van der Waals surface area contributed by atoms with Crippen LogP contribution in [0.2, 0.25) is 0 Å². The van der Waals surface area contributed by atoms with E-state index in [2.05, 4.69) is 11.9 Å². The minimum absolute atomic E-state index is 0.0165. The second-order valence-corrected chi connectivity index (χ2v) is 13.0. The van der Waals surface area contributed by atoms with Crippen LogP contribution in [0.3, 0.4) is 0 Å². The van der Waals surface area contributed by atoms with E-state index in [1.807, 2.05) is 48.5 Å². The smallest absolute Gasteiger partial charge is 0.269 e. The van der Waals surface area contributed by atoms with Gasteiger partial charge >= 0.3 is 0 Å². The van der Waals surface area contributed by atoms with Crippen LogP contribution in [-0.4, -0.2) is 65.9 Å². The van der Waals surface area contributed by atoms with Gasteiger partial charge in [-0.15, -0.1) is 0 Å². The zero-order valence-electron chi connectivity index (χ0n) is 29.6. The summed E-state index contributed by atoms with van der Waals surface area (Å²) in [7, 11) is 0. The number of benzene rings is 4. The molecular weight excluding hydrogens is 704 g/mol. The normalized spacial score (nSPS) is 17.2. The first-order chi connectivity index (χ1) is 26.7. The Morgan fingerprint density at radius 3 is 2.22 bits per heavy atom. The maximum absolute atomic E-state index is 13.5.